The molecular weight excluding hydrogens is 472 g/mol. The number of carbonyl (C=O) groups is 2. The highest BCUT2D eigenvalue weighted by Gasteiger charge is 2.37. The molecule has 212 valence electrons. The Hall–Kier alpha value is -2.34. The Morgan fingerprint density at radius 2 is 1.61 bits per heavy atom. The molecule has 1 aromatic rings. The molecule has 0 heterocycles. The van der Waals surface area contributed by atoms with Crippen LogP contribution in [0.4, 0.5) is 0 Å². The van der Waals surface area contributed by atoms with Crippen molar-refractivity contribution < 1.29 is 9.59 Å². The smallest absolute Gasteiger partial charge is 0.240 e. The third-order valence-corrected chi connectivity index (χ3v) is 7.53. The molecule has 3 fully saturated rings. The van der Waals surface area contributed by atoms with E-state index < -0.39 is 0 Å². The molecule has 1 unspecified atom stereocenters. The van der Waals surface area contributed by atoms with Gasteiger partial charge in [-0.25, -0.2) is 0 Å². The van der Waals surface area contributed by atoms with Crippen LogP contribution < -0.4 is 16.0 Å². The van der Waals surface area contributed by atoms with E-state index in [0.717, 1.165) is 70.0 Å². The zero-order chi connectivity index (χ0) is 27.2. The number of nitrogens with zero attached hydrogens (tertiary/aromatic N) is 1. The van der Waals surface area contributed by atoms with E-state index in [2.05, 4.69) is 54.1 Å². The van der Waals surface area contributed by atoms with E-state index in [9.17, 15) is 9.59 Å². The SMILES string of the molecule is C1CC1.CCCNC(C(=O)N(C)CC(NCC(=O)NCCCc1ccccc1CCC)=C1CCC1)C1CC1. The zero-order valence-electron chi connectivity index (χ0n) is 24.2. The Morgan fingerprint density at radius 3 is 2.16 bits per heavy atom. The van der Waals surface area contributed by atoms with E-state index in [1.54, 1.807) is 0 Å². The zero-order valence-corrected chi connectivity index (χ0v) is 24.2. The average Bonchev–Trinajstić information content (AvgIpc) is 3.77. The number of carbonyl (C=O) groups excluding carboxylic acids is 2. The molecule has 1 atom stereocenters. The summed E-state index contributed by atoms with van der Waals surface area (Å²) in [6.45, 7) is 6.69. The first-order valence-corrected chi connectivity index (χ1v) is 15.3. The van der Waals surface area contributed by atoms with Crippen molar-refractivity contribution in [1.29, 1.82) is 0 Å². The fourth-order valence-corrected chi connectivity index (χ4v) is 4.76. The van der Waals surface area contributed by atoms with E-state index in [4.69, 9.17) is 0 Å². The molecular formula is C32H52N4O2. The molecule has 1 aromatic carbocycles. The van der Waals surface area contributed by atoms with Gasteiger partial charge >= 0.3 is 0 Å². The number of amides is 2. The van der Waals surface area contributed by atoms with Gasteiger partial charge in [0.05, 0.1) is 19.1 Å². The number of likely N-dealkylation sites (N-methyl/N-ethyl adjacent to an activating group) is 1. The molecule has 0 bridgehead atoms. The number of hydrogen-bond donors (Lipinski definition) is 3. The number of benzene rings is 1. The lowest BCUT2D eigenvalue weighted by Gasteiger charge is -2.29. The molecule has 3 aliphatic carbocycles. The Balaban J connectivity index is 0.00000124. The first kappa shape index (κ1) is 30.2. The van der Waals surface area contributed by atoms with Gasteiger partial charge in [-0.15, -0.1) is 0 Å². The molecule has 38 heavy (non-hydrogen) atoms. The summed E-state index contributed by atoms with van der Waals surface area (Å²) in [5.41, 5.74) is 5.23. The first-order chi connectivity index (χ1) is 18.5. The van der Waals surface area contributed by atoms with Crippen LogP contribution in [0.2, 0.25) is 0 Å². The summed E-state index contributed by atoms with van der Waals surface area (Å²) in [7, 11) is 1.89. The molecule has 0 aromatic heterocycles. The number of aryl methyl sites for hydroxylation is 2. The van der Waals surface area contributed by atoms with Gasteiger partial charge < -0.3 is 20.9 Å². The summed E-state index contributed by atoms with van der Waals surface area (Å²) >= 11 is 0. The standard InChI is InChI=1S/C29H46N4O2.C3H6/c1-4-10-22-11-6-7-12-23(22)15-9-19-30-27(34)20-32-26(24-13-8-14-24)21-33(3)29(35)28(25-16-17-25)31-18-5-2;1-2-3-1/h6-7,11-12,25,28,31-32H,4-5,8-10,13-21H2,1-3H3,(H,30,34);1-3H2. The maximum absolute atomic E-state index is 13.1. The molecule has 3 N–H and O–H groups in total. The van der Waals surface area contributed by atoms with E-state index in [1.807, 2.05) is 11.9 Å². The molecule has 2 amide bonds. The third kappa shape index (κ3) is 10.8. The van der Waals surface area contributed by atoms with E-state index >= 15 is 0 Å². The van der Waals surface area contributed by atoms with Crippen molar-refractivity contribution in [2.24, 2.45) is 5.92 Å². The van der Waals surface area contributed by atoms with Crippen LogP contribution in [-0.4, -0.2) is 56.0 Å². The lowest BCUT2D eigenvalue weighted by Crippen LogP contribution is -2.48. The van der Waals surface area contributed by atoms with Crippen LogP contribution in [0.25, 0.3) is 0 Å². The number of hydrogen-bond acceptors (Lipinski definition) is 4. The Kier molecular flexibility index (Phi) is 13.2. The third-order valence-electron chi connectivity index (χ3n) is 7.53. The molecule has 0 radical (unpaired) electrons. The number of rotatable bonds is 16. The van der Waals surface area contributed by atoms with E-state index in [1.165, 1.54) is 42.4 Å². The van der Waals surface area contributed by atoms with Crippen molar-refractivity contribution in [3.8, 4) is 0 Å². The maximum Gasteiger partial charge on any atom is 0.240 e. The van der Waals surface area contributed by atoms with Gasteiger partial charge in [-0.2, -0.15) is 0 Å². The maximum atomic E-state index is 13.1. The molecule has 0 aliphatic heterocycles. The summed E-state index contributed by atoms with van der Waals surface area (Å²) < 4.78 is 0. The van der Waals surface area contributed by atoms with Crippen molar-refractivity contribution in [1.82, 2.24) is 20.9 Å². The highest BCUT2D eigenvalue weighted by molar-refractivity contribution is 5.82. The van der Waals surface area contributed by atoms with Crippen molar-refractivity contribution in [2.45, 2.75) is 103 Å². The second-order valence-electron chi connectivity index (χ2n) is 11.3. The molecule has 6 heteroatoms. The minimum absolute atomic E-state index is 0.0127. The highest BCUT2D eigenvalue weighted by Crippen LogP contribution is 2.34. The topological polar surface area (TPSA) is 73.5 Å². The molecule has 6 nitrogen and oxygen atoms in total. The van der Waals surface area contributed by atoms with Gasteiger partial charge in [-0.05, 0) is 87.0 Å². The Labute approximate surface area is 231 Å². The van der Waals surface area contributed by atoms with Crippen molar-refractivity contribution in [2.75, 3.05) is 33.2 Å². The minimum atomic E-state index is -0.0710. The summed E-state index contributed by atoms with van der Waals surface area (Å²) in [6, 6.07) is 8.55. The second-order valence-corrected chi connectivity index (χ2v) is 11.3. The van der Waals surface area contributed by atoms with Crippen LogP contribution in [-0.2, 0) is 22.4 Å². The normalized spacial score (nSPS) is 16.4. The lowest BCUT2D eigenvalue weighted by atomic mass is 9.90. The predicted octanol–water partition coefficient (Wildman–Crippen LogP) is 5.12. The van der Waals surface area contributed by atoms with E-state index in [0.29, 0.717) is 19.0 Å². The van der Waals surface area contributed by atoms with Crippen molar-refractivity contribution in [3.63, 3.8) is 0 Å². The molecule has 4 rings (SSSR count). The van der Waals surface area contributed by atoms with Crippen molar-refractivity contribution in [3.05, 3.63) is 46.7 Å². The molecule has 0 saturated heterocycles. The Morgan fingerprint density at radius 1 is 0.921 bits per heavy atom. The van der Waals surface area contributed by atoms with Gasteiger partial charge in [0.2, 0.25) is 11.8 Å². The monoisotopic (exact) mass is 524 g/mol. The van der Waals surface area contributed by atoms with Crippen LogP contribution in [0.5, 0.6) is 0 Å². The molecule has 3 aliphatic rings. The minimum Gasteiger partial charge on any atom is -0.378 e. The molecule has 0 spiro atoms. The van der Waals surface area contributed by atoms with Crippen LogP contribution >= 0.6 is 0 Å². The predicted molar refractivity (Wildman–Crippen MR) is 157 cm³/mol. The quantitative estimate of drug-likeness (QED) is 0.262. The lowest BCUT2D eigenvalue weighted by molar-refractivity contribution is -0.132. The van der Waals surface area contributed by atoms with Crippen LogP contribution in [0.3, 0.4) is 0 Å². The second kappa shape index (κ2) is 16.6. The van der Waals surface area contributed by atoms with Gasteiger partial charge in [-0.1, -0.05) is 63.8 Å². The fraction of sp³-hybridized carbons (Fsp3) is 0.688. The van der Waals surface area contributed by atoms with Gasteiger partial charge in [0.25, 0.3) is 0 Å². The fourth-order valence-electron chi connectivity index (χ4n) is 4.76. The summed E-state index contributed by atoms with van der Waals surface area (Å²) in [5, 5.41) is 9.88. The average molecular weight is 525 g/mol. The summed E-state index contributed by atoms with van der Waals surface area (Å²) in [5.74, 6) is 0.663. The summed E-state index contributed by atoms with van der Waals surface area (Å²) in [6.07, 6.45) is 15.3. The van der Waals surface area contributed by atoms with Crippen LogP contribution in [0.1, 0.15) is 95.6 Å². The number of allylic oxidation sites excluding steroid dienone is 1. The largest absolute Gasteiger partial charge is 0.378 e. The van der Waals surface area contributed by atoms with Crippen molar-refractivity contribution >= 4 is 11.8 Å². The van der Waals surface area contributed by atoms with Gasteiger partial charge in [0, 0.05) is 19.3 Å². The van der Waals surface area contributed by atoms with Gasteiger partial charge in [0.1, 0.15) is 0 Å². The van der Waals surface area contributed by atoms with Gasteiger partial charge in [-0.3, -0.25) is 9.59 Å². The Bertz CT molecular complexity index is 898. The summed E-state index contributed by atoms with van der Waals surface area (Å²) in [4.78, 5) is 27.5. The number of nitrogens with one attached hydrogen (secondary N) is 3. The van der Waals surface area contributed by atoms with E-state index in [-0.39, 0.29) is 24.4 Å². The van der Waals surface area contributed by atoms with Gasteiger partial charge in [0.15, 0.2) is 0 Å². The highest BCUT2D eigenvalue weighted by atomic mass is 16.2. The van der Waals surface area contributed by atoms with Crippen LogP contribution in [0, 0.1) is 5.92 Å². The van der Waals surface area contributed by atoms with Crippen LogP contribution in [0.15, 0.2) is 35.5 Å². The molecule has 3 saturated carbocycles. The first-order valence-electron chi connectivity index (χ1n) is 15.3.